The number of ether oxygens (including phenoxy) is 2. The average molecular weight is 375 g/mol. The van der Waals surface area contributed by atoms with E-state index in [1.54, 1.807) is 18.3 Å². The minimum absolute atomic E-state index is 0.193. The van der Waals surface area contributed by atoms with Crippen molar-refractivity contribution in [3.8, 4) is 17.0 Å². The van der Waals surface area contributed by atoms with Gasteiger partial charge in [-0.25, -0.2) is 9.97 Å². The standard InChI is InChI=1S/C22H21N3O3/c26-21-7-6-19-13-18(21)15-28-11-2-1-10-27-14-16-4-3-5-17(12-16)20-8-9-23-22(24-19)25-20/h1-9,12-13,26H,10-11,14-15H2,(H,23,24,25). The zero-order valence-corrected chi connectivity index (χ0v) is 15.3. The molecule has 0 fully saturated rings. The van der Waals surface area contributed by atoms with Crippen LogP contribution in [0.4, 0.5) is 11.6 Å². The van der Waals surface area contributed by atoms with Gasteiger partial charge in [0.25, 0.3) is 0 Å². The van der Waals surface area contributed by atoms with E-state index in [-0.39, 0.29) is 5.75 Å². The highest BCUT2D eigenvalue weighted by Gasteiger charge is 2.07. The van der Waals surface area contributed by atoms with Gasteiger partial charge in [-0.3, -0.25) is 0 Å². The number of hydrogen-bond acceptors (Lipinski definition) is 6. The Kier molecular flexibility index (Phi) is 5.61. The van der Waals surface area contributed by atoms with Gasteiger partial charge in [0.05, 0.1) is 32.1 Å². The van der Waals surface area contributed by atoms with Gasteiger partial charge in [0.2, 0.25) is 5.95 Å². The van der Waals surface area contributed by atoms with Gasteiger partial charge in [-0.15, -0.1) is 0 Å². The number of nitrogens with zero attached hydrogens (tertiary/aromatic N) is 2. The van der Waals surface area contributed by atoms with Gasteiger partial charge in [0, 0.05) is 23.0 Å². The van der Waals surface area contributed by atoms with Crippen molar-refractivity contribution in [1.29, 1.82) is 0 Å². The smallest absolute Gasteiger partial charge is 0.227 e. The first-order valence-corrected chi connectivity index (χ1v) is 9.10. The Bertz CT molecular complexity index is 988. The molecule has 0 amide bonds. The summed E-state index contributed by atoms with van der Waals surface area (Å²) >= 11 is 0. The molecule has 0 atom stereocenters. The van der Waals surface area contributed by atoms with Crippen molar-refractivity contribution >= 4 is 11.6 Å². The van der Waals surface area contributed by atoms with Crippen LogP contribution < -0.4 is 5.32 Å². The molecule has 0 saturated carbocycles. The summed E-state index contributed by atoms with van der Waals surface area (Å²) in [7, 11) is 0. The van der Waals surface area contributed by atoms with Crippen molar-refractivity contribution in [1.82, 2.24) is 9.97 Å². The van der Waals surface area contributed by atoms with Crippen LogP contribution in [-0.2, 0) is 22.7 Å². The summed E-state index contributed by atoms with van der Waals surface area (Å²) in [6, 6.07) is 15.3. The van der Waals surface area contributed by atoms with E-state index in [1.807, 2.05) is 42.5 Å². The highest BCUT2D eigenvalue weighted by Crippen LogP contribution is 2.25. The maximum Gasteiger partial charge on any atom is 0.227 e. The summed E-state index contributed by atoms with van der Waals surface area (Å²) in [5.41, 5.74) is 4.39. The highest BCUT2D eigenvalue weighted by atomic mass is 16.5. The molecule has 6 bridgehead atoms. The Morgan fingerprint density at radius 1 is 0.929 bits per heavy atom. The number of phenols is 1. The lowest BCUT2D eigenvalue weighted by atomic mass is 10.1. The molecule has 6 heteroatoms. The van der Waals surface area contributed by atoms with Crippen molar-refractivity contribution < 1.29 is 14.6 Å². The molecule has 1 aromatic heterocycles. The molecule has 0 saturated heterocycles. The molecule has 4 rings (SSSR count). The second kappa shape index (κ2) is 8.65. The molecular weight excluding hydrogens is 354 g/mol. The number of phenolic OH excluding ortho intramolecular Hbond substituents is 1. The van der Waals surface area contributed by atoms with Gasteiger partial charge in [-0.05, 0) is 35.9 Å². The number of benzene rings is 2. The first-order valence-electron chi connectivity index (χ1n) is 9.10. The Labute approximate surface area is 163 Å². The largest absolute Gasteiger partial charge is 0.508 e. The molecule has 6 nitrogen and oxygen atoms in total. The molecule has 3 aromatic rings. The third-order valence-electron chi connectivity index (χ3n) is 4.34. The molecule has 2 N–H and O–H groups in total. The summed E-state index contributed by atoms with van der Waals surface area (Å²) in [6.07, 6.45) is 5.57. The van der Waals surface area contributed by atoms with E-state index in [4.69, 9.17) is 9.47 Å². The number of hydrogen-bond donors (Lipinski definition) is 2. The molecule has 0 radical (unpaired) electrons. The topological polar surface area (TPSA) is 76.5 Å². The maximum absolute atomic E-state index is 10.1. The van der Waals surface area contributed by atoms with Crippen LogP contribution in [0.25, 0.3) is 11.3 Å². The van der Waals surface area contributed by atoms with E-state index < -0.39 is 0 Å². The van der Waals surface area contributed by atoms with Gasteiger partial charge in [-0.1, -0.05) is 30.4 Å². The van der Waals surface area contributed by atoms with Gasteiger partial charge < -0.3 is 19.9 Å². The molecule has 142 valence electrons. The minimum Gasteiger partial charge on any atom is -0.508 e. The van der Waals surface area contributed by atoms with Crippen molar-refractivity contribution in [3.05, 3.63) is 78.0 Å². The van der Waals surface area contributed by atoms with Gasteiger partial charge >= 0.3 is 0 Å². The maximum atomic E-state index is 10.1. The van der Waals surface area contributed by atoms with E-state index >= 15 is 0 Å². The number of rotatable bonds is 0. The number of aromatic nitrogens is 2. The van der Waals surface area contributed by atoms with Gasteiger partial charge in [-0.2, -0.15) is 0 Å². The first kappa shape index (κ1) is 18.2. The third-order valence-corrected chi connectivity index (χ3v) is 4.34. The second-order valence-electron chi connectivity index (χ2n) is 6.44. The van der Waals surface area contributed by atoms with E-state index in [0.29, 0.717) is 37.9 Å². The molecule has 28 heavy (non-hydrogen) atoms. The molecule has 1 aliphatic rings. The highest BCUT2D eigenvalue weighted by molar-refractivity contribution is 5.63. The first-order chi connectivity index (χ1) is 13.8. The lowest BCUT2D eigenvalue weighted by molar-refractivity contribution is 0.139. The van der Waals surface area contributed by atoms with E-state index in [0.717, 1.165) is 22.5 Å². The van der Waals surface area contributed by atoms with Gasteiger partial charge in [0.1, 0.15) is 5.75 Å². The van der Waals surface area contributed by atoms with Crippen LogP contribution in [0, 0.1) is 0 Å². The average Bonchev–Trinajstić information content (AvgIpc) is 2.72. The van der Waals surface area contributed by atoms with E-state index in [1.165, 1.54) is 0 Å². The molecule has 0 aliphatic carbocycles. The summed E-state index contributed by atoms with van der Waals surface area (Å²) in [4.78, 5) is 8.92. The third kappa shape index (κ3) is 4.54. The van der Waals surface area contributed by atoms with Crippen LogP contribution in [0.3, 0.4) is 0 Å². The monoisotopic (exact) mass is 375 g/mol. The number of aromatic hydroxyl groups is 1. The Hall–Kier alpha value is -3.22. The van der Waals surface area contributed by atoms with E-state index in [2.05, 4.69) is 21.4 Å². The summed E-state index contributed by atoms with van der Waals surface area (Å²) in [6.45, 7) is 1.78. The minimum atomic E-state index is 0.193. The molecule has 1 aliphatic heterocycles. The quantitative estimate of drug-likeness (QED) is 0.453. The fraction of sp³-hybridized carbons (Fsp3) is 0.182. The fourth-order valence-corrected chi connectivity index (χ4v) is 2.93. The normalized spacial score (nSPS) is 14.6. The molecule has 0 unspecified atom stereocenters. The number of fused-ring (bicyclic) bond motifs is 7. The predicted octanol–water partition coefficient (Wildman–Crippen LogP) is 4.20. The lowest BCUT2D eigenvalue weighted by Crippen LogP contribution is -2.00. The van der Waals surface area contributed by atoms with Crippen molar-refractivity contribution in [2.45, 2.75) is 13.2 Å². The number of nitrogens with one attached hydrogen (secondary N) is 1. The fourth-order valence-electron chi connectivity index (χ4n) is 2.93. The van der Waals surface area contributed by atoms with Crippen molar-refractivity contribution in [3.63, 3.8) is 0 Å². The SMILES string of the molecule is Oc1ccc2cc1COCC=CCOCc1cccc(c1)-c1ccnc(n1)N2. The van der Waals surface area contributed by atoms with Crippen LogP contribution in [0.2, 0.25) is 0 Å². The Morgan fingerprint density at radius 2 is 1.79 bits per heavy atom. The Morgan fingerprint density at radius 3 is 2.68 bits per heavy atom. The Balaban J connectivity index is 1.68. The molecule has 2 heterocycles. The predicted molar refractivity (Wildman–Crippen MR) is 107 cm³/mol. The lowest BCUT2D eigenvalue weighted by Gasteiger charge is -2.11. The van der Waals surface area contributed by atoms with E-state index in [9.17, 15) is 5.11 Å². The van der Waals surface area contributed by atoms with Crippen LogP contribution in [0.5, 0.6) is 5.75 Å². The van der Waals surface area contributed by atoms with Crippen LogP contribution in [0.15, 0.2) is 66.9 Å². The zero-order valence-electron chi connectivity index (χ0n) is 15.3. The summed E-state index contributed by atoms with van der Waals surface area (Å²) in [5.74, 6) is 0.680. The van der Waals surface area contributed by atoms with Crippen molar-refractivity contribution in [2.75, 3.05) is 18.5 Å². The van der Waals surface area contributed by atoms with Gasteiger partial charge in [0.15, 0.2) is 0 Å². The number of anilines is 2. The summed E-state index contributed by atoms with van der Waals surface area (Å²) < 4.78 is 11.3. The zero-order chi connectivity index (χ0) is 19.2. The van der Waals surface area contributed by atoms with Crippen LogP contribution in [0.1, 0.15) is 11.1 Å². The molecule has 0 spiro atoms. The van der Waals surface area contributed by atoms with Crippen molar-refractivity contribution in [2.24, 2.45) is 0 Å². The summed E-state index contributed by atoms with van der Waals surface area (Å²) in [5, 5.41) is 13.3. The second-order valence-corrected chi connectivity index (χ2v) is 6.44. The van der Waals surface area contributed by atoms with Crippen LogP contribution in [-0.4, -0.2) is 28.3 Å². The van der Waals surface area contributed by atoms with Crippen LogP contribution >= 0.6 is 0 Å². The molecular formula is C22H21N3O3. The molecule has 2 aromatic carbocycles.